The van der Waals surface area contributed by atoms with Gasteiger partial charge in [-0.3, -0.25) is 9.59 Å². The third kappa shape index (κ3) is 9.36. The summed E-state index contributed by atoms with van der Waals surface area (Å²) in [5, 5.41) is 2.61. The van der Waals surface area contributed by atoms with Crippen molar-refractivity contribution >= 4 is 17.7 Å². The van der Waals surface area contributed by atoms with E-state index in [4.69, 9.17) is 0 Å². The van der Waals surface area contributed by atoms with Crippen LogP contribution in [0.25, 0.3) is 0 Å². The van der Waals surface area contributed by atoms with Crippen molar-refractivity contribution in [3.63, 3.8) is 0 Å². The van der Waals surface area contributed by atoms with Crippen molar-refractivity contribution in [3.8, 4) is 0 Å². The Hall–Kier alpha value is -1.39. The summed E-state index contributed by atoms with van der Waals surface area (Å²) in [6, 6.07) is -0.728. The van der Waals surface area contributed by atoms with Crippen molar-refractivity contribution in [1.82, 2.24) is 5.32 Å². The van der Waals surface area contributed by atoms with Crippen molar-refractivity contribution in [1.29, 1.82) is 0 Å². The van der Waals surface area contributed by atoms with E-state index in [-0.39, 0.29) is 11.7 Å². The number of Topliss-reactive ketones (excluding diaryl/α,β-unsaturated/α-hetero) is 1. The van der Waals surface area contributed by atoms with Crippen LogP contribution in [-0.2, 0) is 19.1 Å². The molecule has 0 fully saturated rings. The van der Waals surface area contributed by atoms with E-state index >= 15 is 0 Å². The lowest BCUT2D eigenvalue weighted by atomic mass is 9.92. The Kier molecular flexibility index (Phi) is 12.3. The van der Waals surface area contributed by atoms with Gasteiger partial charge in [-0.05, 0) is 19.8 Å². The summed E-state index contributed by atoms with van der Waals surface area (Å²) in [7, 11) is 1.28. The van der Waals surface area contributed by atoms with E-state index in [2.05, 4.69) is 23.9 Å². The van der Waals surface area contributed by atoms with Gasteiger partial charge in [0.2, 0.25) is 5.91 Å². The van der Waals surface area contributed by atoms with E-state index in [1.165, 1.54) is 7.11 Å². The molecule has 0 radical (unpaired) electrons. The Morgan fingerprint density at radius 3 is 2.13 bits per heavy atom. The highest BCUT2D eigenvalue weighted by Crippen LogP contribution is 2.16. The topological polar surface area (TPSA) is 72.5 Å². The lowest BCUT2D eigenvalue weighted by molar-refractivity contribution is -0.146. The Morgan fingerprint density at radius 1 is 0.957 bits per heavy atom. The fourth-order valence-electron chi connectivity index (χ4n) is 2.49. The number of rotatable bonds is 13. The van der Waals surface area contributed by atoms with Crippen LogP contribution in [0, 0.1) is 5.92 Å². The van der Waals surface area contributed by atoms with Crippen LogP contribution < -0.4 is 5.32 Å². The maximum atomic E-state index is 12.4. The van der Waals surface area contributed by atoms with Gasteiger partial charge in [-0.25, -0.2) is 4.79 Å². The van der Waals surface area contributed by atoms with Crippen molar-refractivity contribution in [2.24, 2.45) is 5.92 Å². The first-order valence-corrected chi connectivity index (χ1v) is 8.88. The Bertz CT molecular complexity index is 368. The zero-order chi connectivity index (χ0) is 17.7. The fraction of sp³-hybridized carbons (Fsp3) is 0.833. The van der Waals surface area contributed by atoms with Crippen molar-refractivity contribution in [2.75, 3.05) is 7.11 Å². The van der Waals surface area contributed by atoms with Crippen molar-refractivity contribution in [2.45, 2.75) is 84.6 Å². The minimum atomic E-state index is -0.728. The molecule has 0 saturated carbocycles. The van der Waals surface area contributed by atoms with Gasteiger partial charge in [-0.15, -0.1) is 0 Å². The number of ketones is 1. The summed E-state index contributed by atoms with van der Waals surface area (Å²) in [5.74, 6) is -1.50. The van der Waals surface area contributed by atoms with Crippen LogP contribution in [0.5, 0.6) is 0 Å². The number of hydrogen-bond acceptors (Lipinski definition) is 4. The van der Waals surface area contributed by atoms with Gasteiger partial charge in [0.25, 0.3) is 0 Å². The van der Waals surface area contributed by atoms with Gasteiger partial charge in [-0.1, -0.05) is 52.4 Å². The first kappa shape index (κ1) is 21.6. The summed E-state index contributed by atoms with van der Waals surface area (Å²) in [4.78, 5) is 36.2. The SMILES string of the molecule is CCCCCCC(=O)C(CCCCC)C(=O)NC(C)C(=O)OC. The normalized spacial score (nSPS) is 13.2. The van der Waals surface area contributed by atoms with Crippen LogP contribution in [0.2, 0.25) is 0 Å². The molecule has 0 spiro atoms. The third-order valence-electron chi connectivity index (χ3n) is 3.99. The predicted octanol–water partition coefficient (Wildman–Crippen LogP) is 3.40. The molecule has 23 heavy (non-hydrogen) atoms. The van der Waals surface area contributed by atoms with Gasteiger partial charge in [0.15, 0.2) is 0 Å². The molecule has 0 aliphatic heterocycles. The zero-order valence-corrected chi connectivity index (χ0v) is 15.2. The van der Waals surface area contributed by atoms with Gasteiger partial charge < -0.3 is 10.1 Å². The standard InChI is InChI=1S/C18H33NO4/c1-5-7-9-11-13-16(20)15(12-10-8-6-2)17(21)19-14(3)18(22)23-4/h14-15H,5-13H2,1-4H3,(H,19,21). The summed E-state index contributed by atoms with van der Waals surface area (Å²) in [6.45, 7) is 5.77. The van der Waals surface area contributed by atoms with Crippen LogP contribution in [0.15, 0.2) is 0 Å². The number of carbonyl (C=O) groups excluding carboxylic acids is 3. The van der Waals surface area contributed by atoms with Gasteiger partial charge >= 0.3 is 5.97 Å². The molecule has 0 bridgehead atoms. The highest BCUT2D eigenvalue weighted by Gasteiger charge is 2.28. The third-order valence-corrected chi connectivity index (χ3v) is 3.99. The molecule has 0 heterocycles. The predicted molar refractivity (Wildman–Crippen MR) is 91.0 cm³/mol. The molecule has 2 atom stereocenters. The molecule has 1 amide bonds. The monoisotopic (exact) mass is 327 g/mol. The number of unbranched alkanes of at least 4 members (excludes halogenated alkanes) is 5. The van der Waals surface area contributed by atoms with E-state index in [0.717, 1.165) is 44.9 Å². The van der Waals surface area contributed by atoms with Gasteiger partial charge in [0.1, 0.15) is 11.8 Å². The number of nitrogens with one attached hydrogen (secondary N) is 1. The van der Waals surface area contributed by atoms with Crippen LogP contribution in [0.1, 0.15) is 78.6 Å². The molecular formula is C18H33NO4. The van der Waals surface area contributed by atoms with E-state index in [1.54, 1.807) is 6.92 Å². The molecule has 134 valence electrons. The number of hydrogen-bond donors (Lipinski definition) is 1. The average Bonchev–Trinajstić information content (AvgIpc) is 2.54. The number of esters is 1. The number of ether oxygens (including phenoxy) is 1. The highest BCUT2D eigenvalue weighted by molar-refractivity contribution is 6.02. The smallest absolute Gasteiger partial charge is 0.328 e. The maximum Gasteiger partial charge on any atom is 0.328 e. The molecule has 1 N–H and O–H groups in total. The number of methoxy groups -OCH3 is 1. The number of carbonyl (C=O) groups is 3. The van der Waals surface area contributed by atoms with Gasteiger partial charge in [0.05, 0.1) is 13.0 Å². The lowest BCUT2D eigenvalue weighted by Gasteiger charge is -2.18. The quantitative estimate of drug-likeness (QED) is 0.320. The van der Waals surface area contributed by atoms with Crippen LogP contribution in [0.4, 0.5) is 0 Å². The molecule has 5 heteroatoms. The van der Waals surface area contributed by atoms with E-state index in [1.807, 2.05) is 0 Å². The summed E-state index contributed by atoms with van der Waals surface area (Å²) in [6.07, 6.45) is 7.96. The molecular weight excluding hydrogens is 294 g/mol. The first-order valence-electron chi connectivity index (χ1n) is 8.88. The summed E-state index contributed by atoms with van der Waals surface area (Å²) >= 11 is 0. The molecule has 0 rings (SSSR count). The van der Waals surface area contributed by atoms with Crippen molar-refractivity contribution in [3.05, 3.63) is 0 Å². The minimum Gasteiger partial charge on any atom is -0.467 e. The van der Waals surface area contributed by atoms with E-state index < -0.39 is 17.9 Å². The second-order valence-electron chi connectivity index (χ2n) is 6.08. The molecule has 0 aromatic carbocycles. The lowest BCUT2D eigenvalue weighted by Crippen LogP contribution is -2.44. The molecule has 0 aromatic heterocycles. The van der Waals surface area contributed by atoms with Crippen LogP contribution >= 0.6 is 0 Å². The van der Waals surface area contributed by atoms with E-state index in [9.17, 15) is 14.4 Å². The summed E-state index contributed by atoms with van der Waals surface area (Å²) < 4.78 is 4.60. The van der Waals surface area contributed by atoms with Crippen molar-refractivity contribution < 1.29 is 19.1 Å². The average molecular weight is 327 g/mol. The Morgan fingerprint density at radius 2 is 1.57 bits per heavy atom. The molecule has 2 unspecified atom stereocenters. The highest BCUT2D eigenvalue weighted by atomic mass is 16.5. The second-order valence-corrected chi connectivity index (χ2v) is 6.08. The number of amides is 1. The van der Waals surface area contributed by atoms with Crippen LogP contribution in [-0.4, -0.2) is 30.8 Å². The second kappa shape index (κ2) is 13.1. The fourth-order valence-corrected chi connectivity index (χ4v) is 2.49. The molecule has 0 saturated heterocycles. The Labute approximate surface area is 140 Å². The maximum absolute atomic E-state index is 12.4. The van der Waals surface area contributed by atoms with Gasteiger partial charge in [-0.2, -0.15) is 0 Å². The molecule has 5 nitrogen and oxygen atoms in total. The molecule has 0 aliphatic rings. The van der Waals surface area contributed by atoms with E-state index in [0.29, 0.717) is 12.8 Å². The van der Waals surface area contributed by atoms with Crippen LogP contribution in [0.3, 0.4) is 0 Å². The first-order chi connectivity index (χ1) is 11.0. The molecule has 0 aromatic rings. The minimum absolute atomic E-state index is 0.00762. The Balaban J connectivity index is 4.60. The molecule has 0 aliphatic carbocycles. The largest absolute Gasteiger partial charge is 0.467 e. The zero-order valence-electron chi connectivity index (χ0n) is 15.2. The summed E-state index contributed by atoms with van der Waals surface area (Å²) in [5.41, 5.74) is 0. The van der Waals surface area contributed by atoms with Gasteiger partial charge in [0, 0.05) is 6.42 Å².